The number of carbonyl (C=O) groups is 1. The molecule has 0 aliphatic heterocycles. The van der Waals surface area contributed by atoms with E-state index in [-0.39, 0.29) is 41.0 Å². The third-order valence-corrected chi connectivity index (χ3v) is 6.27. The molecular formula is C23H25LiN2O6S. The summed E-state index contributed by atoms with van der Waals surface area (Å²) in [6, 6.07) is 11.8. The van der Waals surface area contributed by atoms with Gasteiger partial charge in [0.2, 0.25) is 5.88 Å². The van der Waals surface area contributed by atoms with Crippen molar-refractivity contribution in [2.75, 3.05) is 11.3 Å². The third kappa shape index (κ3) is 6.41. The van der Waals surface area contributed by atoms with Crippen LogP contribution >= 0.6 is 0 Å². The first-order valence-electron chi connectivity index (χ1n) is 10.1. The summed E-state index contributed by atoms with van der Waals surface area (Å²) in [5.41, 5.74) is 3.04. The summed E-state index contributed by atoms with van der Waals surface area (Å²) in [7, 11) is -4.12. The number of sulfonamides is 1. The van der Waals surface area contributed by atoms with Gasteiger partial charge in [0.25, 0.3) is 10.0 Å². The third-order valence-electron chi connectivity index (χ3n) is 4.89. The van der Waals surface area contributed by atoms with Crippen LogP contribution in [0, 0.1) is 19.8 Å². The first kappa shape index (κ1) is 26.5. The number of nitrogens with one attached hydrogen (secondary N) is 1. The molecule has 0 aliphatic rings. The van der Waals surface area contributed by atoms with Crippen molar-refractivity contribution in [1.29, 1.82) is 0 Å². The minimum atomic E-state index is -4.12. The zero-order valence-electron chi connectivity index (χ0n) is 19.3. The van der Waals surface area contributed by atoms with E-state index < -0.39 is 22.6 Å². The number of aryl methyl sites for hydroxylation is 1. The molecule has 8 nitrogen and oxygen atoms in total. The van der Waals surface area contributed by atoms with Gasteiger partial charge in [-0.1, -0.05) is 49.3 Å². The van der Waals surface area contributed by atoms with Crippen LogP contribution < -0.4 is 33.4 Å². The van der Waals surface area contributed by atoms with Crippen molar-refractivity contribution in [2.24, 2.45) is 5.92 Å². The smallest absolute Gasteiger partial charge is 0.546 e. The van der Waals surface area contributed by atoms with Gasteiger partial charge < -0.3 is 19.2 Å². The second kappa shape index (κ2) is 10.9. The molecule has 0 fully saturated rings. The summed E-state index contributed by atoms with van der Waals surface area (Å²) in [5.74, 6) is -0.823. The quantitative estimate of drug-likeness (QED) is 0.446. The number of carboxylic acid groups (broad SMARTS) is 1. The molecule has 1 heterocycles. The average Bonchev–Trinajstić information content (AvgIpc) is 3.04. The van der Waals surface area contributed by atoms with Gasteiger partial charge in [0, 0.05) is 11.1 Å². The van der Waals surface area contributed by atoms with Gasteiger partial charge in [-0.05, 0) is 49.4 Å². The number of carboxylic acids is 1. The maximum atomic E-state index is 13.3. The van der Waals surface area contributed by atoms with E-state index in [1.54, 1.807) is 26.0 Å². The average molecular weight is 464 g/mol. The van der Waals surface area contributed by atoms with Crippen molar-refractivity contribution in [1.82, 2.24) is 5.16 Å². The van der Waals surface area contributed by atoms with E-state index in [0.717, 1.165) is 12.0 Å². The Kier molecular flexibility index (Phi) is 8.78. The fourth-order valence-corrected chi connectivity index (χ4v) is 4.53. The normalized spacial score (nSPS) is 11.2. The number of carbonyl (C=O) groups excluding carboxylic acids is 1. The van der Waals surface area contributed by atoms with Crippen LogP contribution in [0.25, 0.3) is 11.1 Å². The van der Waals surface area contributed by atoms with Gasteiger partial charge in [-0.25, -0.2) is 13.1 Å². The second-order valence-electron chi connectivity index (χ2n) is 7.91. The van der Waals surface area contributed by atoms with Crippen molar-refractivity contribution >= 4 is 21.9 Å². The van der Waals surface area contributed by atoms with Gasteiger partial charge in [0.1, 0.15) is 12.4 Å². The van der Waals surface area contributed by atoms with E-state index in [1.807, 2.05) is 12.1 Å². The number of rotatable bonds is 9. The molecule has 1 N–H and O–H groups in total. The van der Waals surface area contributed by atoms with Gasteiger partial charge in [0.05, 0.1) is 16.6 Å². The molecule has 2 aromatic carbocycles. The van der Waals surface area contributed by atoms with Crippen LogP contribution in [0.2, 0.25) is 0 Å². The molecule has 0 radical (unpaired) electrons. The number of hydrogen-bond acceptors (Lipinski definition) is 7. The minimum absolute atomic E-state index is 0. The predicted molar refractivity (Wildman–Crippen MR) is 118 cm³/mol. The maximum absolute atomic E-state index is 13.3. The molecule has 33 heavy (non-hydrogen) atoms. The van der Waals surface area contributed by atoms with E-state index in [9.17, 15) is 18.3 Å². The molecule has 3 aromatic rings. The van der Waals surface area contributed by atoms with Crippen molar-refractivity contribution in [3.05, 3.63) is 59.3 Å². The molecule has 0 saturated carbocycles. The van der Waals surface area contributed by atoms with Crippen LogP contribution in [0.5, 0.6) is 5.75 Å². The molecular weight excluding hydrogens is 439 g/mol. The zero-order chi connectivity index (χ0) is 23.5. The second-order valence-corrected chi connectivity index (χ2v) is 9.56. The minimum Gasteiger partial charge on any atom is -0.546 e. The predicted octanol–water partition coefficient (Wildman–Crippen LogP) is 0.0904. The topological polar surface area (TPSA) is 122 Å². The molecule has 0 saturated heterocycles. The van der Waals surface area contributed by atoms with Crippen molar-refractivity contribution < 1.29 is 46.4 Å². The molecule has 0 unspecified atom stereocenters. The first-order valence-corrected chi connectivity index (χ1v) is 11.6. The van der Waals surface area contributed by atoms with Gasteiger partial charge in [-0.3, -0.25) is 0 Å². The van der Waals surface area contributed by atoms with E-state index in [2.05, 4.69) is 23.7 Å². The molecule has 170 valence electrons. The Labute approximate surface area is 205 Å². The Morgan fingerprint density at radius 1 is 1.15 bits per heavy atom. The number of ether oxygens (including phenoxy) is 1. The summed E-state index contributed by atoms with van der Waals surface area (Å²) >= 11 is 0. The molecule has 0 spiro atoms. The Morgan fingerprint density at radius 2 is 1.82 bits per heavy atom. The van der Waals surface area contributed by atoms with Crippen LogP contribution in [-0.4, -0.2) is 26.2 Å². The molecule has 3 rings (SSSR count). The van der Waals surface area contributed by atoms with Crippen LogP contribution in [0.4, 0.5) is 5.88 Å². The number of benzene rings is 2. The van der Waals surface area contributed by atoms with Gasteiger partial charge in [-0.2, -0.15) is 0 Å². The van der Waals surface area contributed by atoms with Crippen molar-refractivity contribution in [2.45, 2.75) is 39.0 Å². The van der Waals surface area contributed by atoms with Crippen LogP contribution in [0.1, 0.15) is 30.7 Å². The monoisotopic (exact) mass is 464 g/mol. The zero-order valence-corrected chi connectivity index (χ0v) is 20.2. The van der Waals surface area contributed by atoms with Crippen molar-refractivity contribution in [3.8, 4) is 16.9 Å². The summed E-state index contributed by atoms with van der Waals surface area (Å²) in [6.07, 6.45) is 0.875. The van der Waals surface area contributed by atoms with Crippen LogP contribution in [-0.2, 0) is 21.2 Å². The number of anilines is 1. The van der Waals surface area contributed by atoms with Gasteiger partial charge >= 0.3 is 18.9 Å². The molecule has 0 aliphatic carbocycles. The number of aliphatic carboxylic acids is 1. The maximum Gasteiger partial charge on any atom is 1.00 e. The van der Waals surface area contributed by atoms with Gasteiger partial charge in [-0.15, -0.1) is 0 Å². The van der Waals surface area contributed by atoms with E-state index in [0.29, 0.717) is 22.7 Å². The summed E-state index contributed by atoms with van der Waals surface area (Å²) < 4.78 is 39.4. The Hall–Kier alpha value is -2.73. The largest absolute Gasteiger partial charge is 1.00 e. The fourth-order valence-electron chi connectivity index (χ4n) is 3.24. The van der Waals surface area contributed by atoms with E-state index in [1.165, 1.54) is 18.2 Å². The Morgan fingerprint density at radius 3 is 2.36 bits per heavy atom. The summed E-state index contributed by atoms with van der Waals surface area (Å²) in [5, 5.41) is 14.7. The van der Waals surface area contributed by atoms with Crippen molar-refractivity contribution in [3.63, 3.8) is 0 Å². The molecule has 1 aromatic heterocycles. The van der Waals surface area contributed by atoms with E-state index >= 15 is 0 Å². The Bertz CT molecular complexity index is 1220. The summed E-state index contributed by atoms with van der Waals surface area (Å²) in [4.78, 5) is 10.9. The number of nitrogens with zero attached hydrogens (tertiary/aromatic N) is 1. The van der Waals surface area contributed by atoms with Crippen LogP contribution in [0.3, 0.4) is 0 Å². The van der Waals surface area contributed by atoms with Crippen LogP contribution in [0.15, 0.2) is 51.9 Å². The summed E-state index contributed by atoms with van der Waals surface area (Å²) in [6.45, 7) is 6.91. The first-order chi connectivity index (χ1) is 15.1. The Balaban J connectivity index is 0.00000385. The fraction of sp³-hybridized carbons (Fsp3) is 0.304. The molecule has 0 atom stereocenters. The SMILES string of the molecule is Cc1noc(NS(=O)(=O)c2cccc(OCC(=O)[O-])c2-c2ccc(CC(C)C)cc2)c1C.[Li+]. The van der Waals surface area contributed by atoms with E-state index in [4.69, 9.17) is 9.26 Å². The van der Waals surface area contributed by atoms with Gasteiger partial charge in [0.15, 0.2) is 0 Å². The standard InChI is InChI=1S/C23H26N2O6S.Li/c1-14(2)12-17-8-10-18(11-9-17)22-19(30-13-21(26)27)6-5-7-20(22)32(28,29)25-23-15(3)16(4)24-31-23;/h5-11,14,25H,12-13H2,1-4H3,(H,26,27);/q;+1/p-1. The number of aromatic nitrogens is 1. The molecule has 0 amide bonds. The molecule has 0 bridgehead atoms. The molecule has 10 heteroatoms. The number of hydrogen-bond donors (Lipinski definition) is 1.